The van der Waals surface area contributed by atoms with E-state index in [4.69, 9.17) is 4.74 Å². The minimum absolute atomic E-state index is 0.159. The fraction of sp³-hybridized carbons (Fsp3) is 0.360. The zero-order valence-corrected chi connectivity index (χ0v) is 20.5. The summed E-state index contributed by atoms with van der Waals surface area (Å²) >= 11 is 0. The number of rotatable bonds is 9. The molecule has 1 amide bonds. The minimum atomic E-state index is -4.95. The molecule has 2 rings (SSSR count). The predicted molar refractivity (Wildman–Crippen MR) is 126 cm³/mol. The number of alkyl halides is 6. The molecular formula is C25H27F6N3O3. The van der Waals surface area contributed by atoms with E-state index in [0.717, 1.165) is 32.3 Å². The molecule has 0 heterocycles. The summed E-state index contributed by atoms with van der Waals surface area (Å²) in [4.78, 5) is 12.7. The van der Waals surface area contributed by atoms with Gasteiger partial charge in [-0.15, -0.1) is 0 Å². The quantitative estimate of drug-likeness (QED) is 0.197. The Morgan fingerprint density at radius 2 is 1.84 bits per heavy atom. The van der Waals surface area contributed by atoms with Gasteiger partial charge < -0.3 is 15.2 Å². The Balaban J connectivity index is 2.23. The van der Waals surface area contributed by atoms with Crippen molar-refractivity contribution in [3.05, 3.63) is 76.0 Å². The number of carbonyl (C=O) groups is 1. The number of benzene rings is 2. The van der Waals surface area contributed by atoms with Crippen molar-refractivity contribution in [2.45, 2.75) is 45.3 Å². The molecular weight excluding hydrogens is 504 g/mol. The molecule has 0 radical (unpaired) electrons. The van der Waals surface area contributed by atoms with E-state index in [1.165, 1.54) is 19.2 Å². The van der Waals surface area contributed by atoms with Gasteiger partial charge in [-0.25, -0.2) is 0 Å². The lowest BCUT2D eigenvalue weighted by Crippen LogP contribution is -2.33. The van der Waals surface area contributed by atoms with Crippen LogP contribution in [0.25, 0.3) is 0 Å². The van der Waals surface area contributed by atoms with Crippen LogP contribution < -0.4 is 10.1 Å². The first-order chi connectivity index (χ1) is 17.2. The lowest BCUT2D eigenvalue weighted by Gasteiger charge is -2.23. The molecule has 6 nitrogen and oxygen atoms in total. The summed E-state index contributed by atoms with van der Waals surface area (Å²) in [5.41, 5.74) is -1.62. The number of allylic oxidation sites excluding steroid dienone is 1. The van der Waals surface area contributed by atoms with E-state index in [9.17, 15) is 36.2 Å². The van der Waals surface area contributed by atoms with Crippen LogP contribution in [0.5, 0.6) is 5.75 Å². The SMILES string of the molecule is COc1cc(C(C)NC(=O)/C(C)=C(/N(C)/N=C/Cc2cccc(C(F)(F)F)c2)C(F)(F)F)ccc1CO. The molecule has 0 bridgehead atoms. The molecule has 2 aromatic carbocycles. The maximum atomic E-state index is 13.8. The maximum Gasteiger partial charge on any atom is 0.433 e. The van der Waals surface area contributed by atoms with Crippen LogP contribution in [-0.2, 0) is 24.0 Å². The number of halogens is 6. The van der Waals surface area contributed by atoms with E-state index in [0.29, 0.717) is 21.9 Å². The summed E-state index contributed by atoms with van der Waals surface area (Å²) in [6.45, 7) is 2.30. The number of ether oxygens (including phenoxy) is 1. The van der Waals surface area contributed by atoms with E-state index in [1.54, 1.807) is 25.1 Å². The van der Waals surface area contributed by atoms with Gasteiger partial charge in [0.25, 0.3) is 0 Å². The highest BCUT2D eigenvalue weighted by molar-refractivity contribution is 5.94. The molecule has 12 heteroatoms. The molecule has 37 heavy (non-hydrogen) atoms. The molecule has 2 aromatic rings. The summed E-state index contributed by atoms with van der Waals surface area (Å²) in [6.07, 6.45) is -8.62. The summed E-state index contributed by atoms with van der Waals surface area (Å²) in [5.74, 6) is -0.635. The third-order valence-corrected chi connectivity index (χ3v) is 5.45. The summed E-state index contributed by atoms with van der Waals surface area (Å²) in [5, 5.41) is 16.0. The van der Waals surface area contributed by atoms with Gasteiger partial charge in [-0.05, 0) is 37.1 Å². The Labute approximate surface area is 210 Å². The van der Waals surface area contributed by atoms with Crippen molar-refractivity contribution in [2.75, 3.05) is 14.2 Å². The number of hydrogen-bond acceptors (Lipinski definition) is 5. The third kappa shape index (κ3) is 7.97. The van der Waals surface area contributed by atoms with Crippen LogP contribution in [-0.4, -0.2) is 42.6 Å². The molecule has 202 valence electrons. The van der Waals surface area contributed by atoms with Gasteiger partial charge in [-0.2, -0.15) is 31.4 Å². The van der Waals surface area contributed by atoms with Crippen molar-refractivity contribution >= 4 is 12.1 Å². The first kappa shape index (κ1) is 29.7. The van der Waals surface area contributed by atoms with Gasteiger partial charge in [0.15, 0.2) is 0 Å². The Morgan fingerprint density at radius 1 is 1.16 bits per heavy atom. The van der Waals surface area contributed by atoms with Crippen LogP contribution in [0.1, 0.15) is 42.1 Å². The number of aliphatic hydroxyl groups is 1. The fourth-order valence-corrected chi connectivity index (χ4v) is 3.50. The van der Waals surface area contributed by atoms with Gasteiger partial charge >= 0.3 is 12.4 Å². The molecule has 0 saturated carbocycles. The maximum absolute atomic E-state index is 13.8. The molecule has 0 aliphatic rings. The fourth-order valence-electron chi connectivity index (χ4n) is 3.50. The summed E-state index contributed by atoms with van der Waals surface area (Å²) < 4.78 is 85.3. The van der Waals surface area contributed by atoms with Crippen LogP contribution in [0.2, 0.25) is 0 Å². The highest BCUT2D eigenvalue weighted by Gasteiger charge is 2.40. The van der Waals surface area contributed by atoms with Gasteiger partial charge in [0, 0.05) is 30.8 Å². The first-order valence-corrected chi connectivity index (χ1v) is 11.0. The topological polar surface area (TPSA) is 74.2 Å². The molecule has 0 fully saturated rings. The summed E-state index contributed by atoms with van der Waals surface area (Å²) in [7, 11) is 2.39. The molecule has 0 aliphatic heterocycles. The lowest BCUT2D eigenvalue weighted by molar-refractivity contribution is -0.137. The Morgan fingerprint density at radius 3 is 2.41 bits per heavy atom. The number of nitrogens with one attached hydrogen (secondary N) is 1. The second-order valence-electron chi connectivity index (χ2n) is 8.12. The van der Waals surface area contributed by atoms with Gasteiger partial charge in [0.05, 0.1) is 25.3 Å². The molecule has 1 unspecified atom stereocenters. The molecule has 0 spiro atoms. The van der Waals surface area contributed by atoms with Crippen molar-refractivity contribution in [2.24, 2.45) is 5.10 Å². The van der Waals surface area contributed by atoms with Crippen LogP contribution in [0.4, 0.5) is 26.3 Å². The van der Waals surface area contributed by atoms with Gasteiger partial charge in [-0.3, -0.25) is 9.80 Å². The zero-order valence-electron chi connectivity index (χ0n) is 20.5. The normalized spacial score (nSPS) is 13.8. The van der Waals surface area contributed by atoms with E-state index in [-0.39, 0.29) is 18.6 Å². The predicted octanol–water partition coefficient (Wildman–Crippen LogP) is 5.38. The standard InChI is InChI=1S/C25H27F6N3O3/c1-15(23(36)33-16(2)18-8-9-19(14-35)21(13-18)37-4)22(25(29,30)31)34(3)32-11-10-17-6-5-7-20(12-17)24(26,27)28/h5-9,11-13,16,35H,10,14H2,1-4H3,(H,33,36)/b22-15+,32-11+. The highest BCUT2D eigenvalue weighted by Crippen LogP contribution is 2.32. The van der Waals surface area contributed by atoms with Crippen molar-refractivity contribution < 1.29 is 41.0 Å². The van der Waals surface area contributed by atoms with Gasteiger partial charge in [0.2, 0.25) is 5.91 Å². The van der Waals surface area contributed by atoms with E-state index in [1.807, 2.05) is 0 Å². The second-order valence-corrected chi connectivity index (χ2v) is 8.12. The Kier molecular flexibility index (Phi) is 9.73. The largest absolute Gasteiger partial charge is 0.496 e. The molecule has 0 aliphatic carbocycles. The number of amides is 1. The zero-order chi connectivity index (χ0) is 28.0. The second kappa shape index (κ2) is 12.1. The average molecular weight is 531 g/mol. The van der Waals surface area contributed by atoms with Crippen molar-refractivity contribution in [1.29, 1.82) is 0 Å². The Bertz CT molecular complexity index is 1160. The van der Waals surface area contributed by atoms with Crippen LogP contribution in [0.15, 0.2) is 58.8 Å². The van der Waals surface area contributed by atoms with E-state index in [2.05, 4.69) is 10.4 Å². The average Bonchev–Trinajstić information content (AvgIpc) is 2.82. The van der Waals surface area contributed by atoms with Gasteiger partial charge in [-0.1, -0.05) is 30.3 Å². The molecule has 2 N–H and O–H groups in total. The highest BCUT2D eigenvalue weighted by atomic mass is 19.4. The number of methoxy groups -OCH3 is 1. The van der Waals surface area contributed by atoms with Crippen LogP contribution in [0.3, 0.4) is 0 Å². The molecule has 0 saturated heterocycles. The number of nitrogens with zero attached hydrogens (tertiary/aromatic N) is 2. The van der Waals surface area contributed by atoms with Crippen molar-refractivity contribution in [3.63, 3.8) is 0 Å². The van der Waals surface area contributed by atoms with E-state index >= 15 is 0 Å². The van der Waals surface area contributed by atoms with E-state index < -0.39 is 41.1 Å². The lowest BCUT2D eigenvalue weighted by atomic mass is 10.0. The number of hydrogen-bond donors (Lipinski definition) is 2. The molecule has 1 atom stereocenters. The Hall–Kier alpha value is -3.54. The number of carbonyl (C=O) groups excluding carboxylic acids is 1. The smallest absolute Gasteiger partial charge is 0.433 e. The van der Waals surface area contributed by atoms with Crippen molar-refractivity contribution in [3.8, 4) is 5.75 Å². The monoisotopic (exact) mass is 531 g/mol. The summed E-state index contributed by atoms with van der Waals surface area (Å²) in [6, 6.07) is 8.40. The third-order valence-electron chi connectivity index (χ3n) is 5.45. The minimum Gasteiger partial charge on any atom is -0.496 e. The number of hydrazone groups is 1. The number of aliphatic hydroxyl groups excluding tert-OH is 1. The molecule has 0 aromatic heterocycles. The van der Waals surface area contributed by atoms with Gasteiger partial charge in [0.1, 0.15) is 11.4 Å². The van der Waals surface area contributed by atoms with Crippen LogP contribution >= 0.6 is 0 Å². The van der Waals surface area contributed by atoms with Crippen molar-refractivity contribution in [1.82, 2.24) is 10.3 Å². The first-order valence-electron chi connectivity index (χ1n) is 11.0. The van der Waals surface area contributed by atoms with Crippen LogP contribution in [0, 0.1) is 0 Å².